The van der Waals surface area contributed by atoms with Gasteiger partial charge >= 0.3 is 6.09 Å². The van der Waals surface area contributed by atoms with Crippen molar-refractivity contribution < 1.29 is 9.53 Å². The predicted octanol–water partition coefficient (Wildman–Crippen LogP) is 4.47. The van der Waals surface area contributed by atoms with Crippen molar-refractivity contribution in [1.29, 1.82) is 0 Å². The molecule has 0 aliphatic carbocycles. The number of halogens is 1. The van der Waals surface area contributed by atoms with Crippen LogP contribution in [-0.2, 0) is 10.3 Å². The van der Waals surface area contributed by atoms with E-state index in [2.05, 4.69) is 36.2 Å². The van der Waals surface area contributed by atoms with E-state index in [1.807, 2.05) is 31.9 Å². The molecule has 27 heavy (non-hydrogen) atoms. The third-order valence-corrected chi connectivity index (χ3v) is 5.90. The average molecular weight is 395 g/mol. The quantitative estimate of drug-likeness (QED) is 0.801. The zero-order chi connectivity index (χ0) is 20.0. The van der Waals surface area contributed by atoms with E-state index in [1.54, 1.807) is 6.20 Å². The lowest BCUT2D eigenvalue weighted by Gasteiger charge is -2.47. The standard InChI is InChI=1S/C20H31ClN4O2/c1-7-20(6)14-11-22-12-15(21)16(14)25(23-20)19(5)9-8-10-24(13-19)17(26)27-18(2,3)4/h11-12,23H,7-10,13H2,1-6H3. The molecule has 6 nitrogen and oxygen atoms in total. The number of anilines is 1. The second-order valence-corrected chi connectivity index (χ2v) is 9.56. The minimum atomic E-state index is -0.501. The minimum absolute atomic E-state index is 0.232. The maximum Gasteiger partial charge on any atom is 0.410 e. The number of amides is 1. The van der Waals surface area contributed by atoms with Crippen LogP contribution in [0.5, 0.6) is 0 Å². The van der Waals surface area contributed by atoms with Crippen LogP contribution in [0.2, 0.25) is 5.02 Å². The highest BCUT2D eigenvalue weighted by molar-refractivity contribution is 6.33. The molecule has 1 saturated heterocycles. The van der Waals surface area contributed by atoms with Crippen LogP contribution in [0.1, 0.15) is 66.4 Å². The molecule has 2 unspecified atom stereocenters. The average Bonchev–Trinajstić information content (AvgIpc) is 2.90. The second-order valence-electron chi connectivity index (χ2n) is 9.15. The number of carbonyl (C=O) groups excluding carboxylic acids is 1. The topological polar surface area (TPSA) is 57.7 Å². The summed E-state index contributed by atoms with van der Waals surface area (Å²) in [5.74, 6) is 0. The number of hydrogen-bond donors (Lipinski definition) is 1. The van der Waals surface area contributed by atoms with E-state index in [0.29, 0.717) is 18.1 Å². The number of fused-ring (bicyclic) bond motifs is 1. The van der Waals surface area contributed by atoms with Gasteiger partial charge in [-0.05, 0) is 53.9 Å². The lowest BCUT2D eigenvalue weighted by atomic mass is 9.89. The fourth-order valence-electron chi connectivity index (χ4n) is 3.98. The van der Waals surface area contributed by atoms with Crippen molar-refractivity contribution in [2.75, 3.05) is 18.1 Å². The van der Waals surface area contributed by atoms with Crippen LogP contribution >= 0.6 is 11.6 Å². The predicted molar refractivity (Wildman–Crippen MR) is 108 cm³/mol. The van der Waals surface area contributed by atoms with Gasteiger partial charge in [0.2, 0.25) is 0 Å². The lowest BCUT2D eigenvalue weighted by Crippen LogP contribution is -2.63. The van der Waals surface area contributed by atoms with Gasteiger partial charge in [-0.3, -0.25) is 9.99 Å². The van der Waals surface area contributed by atoms with Crippen LogP contribution in [-0.4, -0.2) is 40.2 Å². The van der Waals surface area contributed by atoms with Crippen LogP contribution in [0.15, 0.2) is 12.4 Å². The number of hydrogen-bond acceptors (Lipinski definition) is 5. The molecule has 7 heteroatoms. The summed E-state index contributed by atoms with van der Waals surface area (Å²) in [7, 11) is 0. The Morgan fingerprint density at radius 2 is 2.07 bits per heavy atom. The molecule has 2 atom stereocenters. The highest BCUT2D eigenvalue weighted by Crippen LogP contribution is 2.47. The summed E-state index contributed by atoms with van der Waals surface area (Å²) in [6.45, 7) is 13.5. The molecule has 1 aromatic heterocycles. The number of rotatable bonds is 2. The van der Waals surface area contributed by atoms with E-state index < -0.39 is 5.60 Å². The van der Waals surface area contributed by atoms with Crippen LogP contribution in [0.3, 0.4) is 0 Å². The molecule has 0 radical (unpaired) electrons. The zero-order valence-corrected chi connectivity index (χ0v) is 18.0. The Morgan fingerprint density at radius 1 is 1.37 bits per heavy atom. The molecule has 1 N–H and O–H groups in total. The molecule has 2 aliphatic rings. The smallest absolute Gasteiger partial charge is 0.410 e. The number of likely N-dealkylation sites (tertiary alicyclic amines) is 1. The molecule has 0 aromatic carbocycles. The second kappa shape index (κ2) is 6.82. The minimum Gasteiger partial charge on any atom is -0.444 e. The normalized spacial score (nSPS) is 28.3. The molecule has 3 heterocycles. The third-order valence-electron chi connectivity index (χ3n) is 5.62. The van der Waals surface area contributed by atoms with Crippen LogP contribution in [0.4, 0.5) is 10.5 Å². The Hall–Kier alpha value is -1.53. The van der Waals surface area contributed by atoms with Gasteiger partial charge in [0.15, 0.2) is 0 Å². The number of nitrogens with one attached hydrogen (secondary N) is 1. The number of hydrazine groups is 1. The molecule has 1 aromatic rings. The molecule has 3 rings (SSSR count). The molecular formula is C20H31ClN4O2. The molecule has 1 fully saturated rings. The van der Waals surface area contributed by atoms with Gasteiger partial charge in [-0.2, -0.15) is 0 Å². The summed E-state index contributed by atoms with van der Waals surface area (Å²) >= 11 is 6.57. The number of carbonyl (C=O) groups is 1. The van der Waals surface area contributed by atoms with Gasteiger partial charge in [-0.1, -0.05) is 18.5 Å². The van der Waals surface area contributed by atoms with Crippen molar-refractivity contribution in [1.82, 2.24) is 15.3 Å². The van der Waals surface area contributed by atoms with E-state index in [9.17, 15) is 4.79 Å². The summed E-state index contributed by atoms with van der Waals surface area (Å²) in [6.07, 6.45) is 6.10. The number of nitrogens with zero attached hydrogens (tertiary/aromatic N) is 3. The van der Waals surface area contributed by atoms with Crippen molar-refractivity contribution in [3.05, 3.63) is 23.0 Å². The van der Waals surface area contributed by atoms with Crippen molar-refractivity contribution in [3.63, 3.8) is 0 Å². The van der Waals surface area contributed by atoms with Gasteiger partial charge in [-0.25, -0.2) is 10.2 Å². The van der Waals surface area contributed by atoms with Gasteiger partial charge in [0.25, 0.3) is 0 Å². The van der Waals surface area contributed by atoms with Gasteiger partial charge in [-0.15, -0.1) is 0 Å². The first-order valence-corrected chi connectivity index (χ1v) is 10.1. The summed E-state index contributed by atoms with van der Waals surface area (Å²) in [5.41, 5.74) is 4.73. The Bertz CT molecular complexity index is 735. The first kappa shape index (κ1) is 20.2. The van der Waals surface area contributed by atoms with E-state index in [0.717, 1.165) is 30.5 Å². The summed E-state index contributed by atoms with van der Waals surface area (Å²) < 4.78 is 5.60. The van der Waals surface area contributed by atoms with Crippen LogP contribution < -0.4 is 10.4 Å². The zero-order valence-electron chi connectivity index (χ0n) is 17.2. The fraction of sp³-hybridized carbons (Fsp3) is 0.700. The van der Waals surface area contributed by atoms with Crippen molar-refractivity contribution >= 4 is 23.4 Å². The molecular weight excluding hydrogens is 364 g/mol. The van der Waals surface area contributed by atoms with Gasteiger partial charge in [0.1, 0.15) is 5.60 Å². The maximum atomic E-state index is 12.6. The summed E-state index contributed by atoms with van der Waals surface area (Å²) in [4.78, 5) is 18.8. The Morgan fingerprint density at radius 3 is 2.70 bits per heavy atom. The largest absolute Gasteiger partial charge is 0.444 e. The fourth-order valence-corrected chi connectivity index (χ4v) is 4.22. The Balaban J connectivity index is 1.91. The van der Waals surface area contributed by atoms with E-state index in [4.69, 9.17) is 16.3 Å². The SMILES string of the molecule is CCC1(C)NN(C2(C)CCCN(C(=O)OC(C)(C)C)C2)c2c(Cl)cncc21. The first-order chi connectivity index (χ1) is 12.5. The van der Waals surface area contributed by atoms with Crippen LogP contribution in [0.25, 0.3) is 0 Å². The van der Waals surface area contributed by atoms with Crippen molar-refractivity contribution in [2.24, 2.45) is 0 Å². The number of piperidine rings is 1. The maximum absolute atomic E-state index is 12.6. The van der Waals surface area contributed by atoms with E-state index >= 15 is 0 Å². The Labute approximate surface area is 167 Å². The van der Waals surface area contributed by atoms with E-state index in [1.165, 1.54) is 0 Å². The van der Waals surface area contributed by atoms with Gasteiger partial charge in [0.05, 0.1) is 21.8 Å². The van der Waals surface area contributed by atoms with Gasteiger partial charge in [0, 0.05) is 31.0 Å². The number of pyridine rings is 1. The summed E-state index contributed by atoms with van der Waals surface area (Å²) in [5, 5.41) is 2.81. The first-order valence-electron chi connectivity index (χ1n) is 9.69. The summed E-state index contributed by atoms with van der Waals surface area (Å²) in [6, 6.07) is 0. The molecule has 1 amide bonds. The van der Waals surface area contributed by atoms with Crippen molar-refractivity contribution in [3.8, 4) is 0 Å². The molecule has 0 saturated carbocycles. The van der Waals surface area contributed by atoms with E-state index in [-0.39, 0.29) is 17.2 Å². The molecule has 150 valence electrons. The van der Waals surface area contributed by atoms with Gasteiger partial charge < -0.3 is 9.64 Å². The van der Waals surface area contributed by atoms with Crippen molar-refractivity contribution in [2.45, 2.75) is 77.5 Å². The number of ether oxygens (including phenoxy) is 1. The highest BCUT2D eigenvalue weighted by Gasteiger charge is 2.48. The molecule has 0 spiro atoms. The lowest BCUT2D eigenvalue weighted by molar-refractivity contribution is 0.0137. The Kier molecular flexibility index (Phi) is 5.10. The van der Waals surface area contributed by atoms with Crippen LogP contribution in [0, 0.1) is 0 Å². The monoisotopic (exact) mass is 394 g/mol. The highest BCUT2D eigenvalue weighted by atomic mass is 35.5. The molecule has 0 bridgehead atoms. The molecule has 2 aliphatic heterocycles. The third kappa shape index (κ3) is 3.74. The number of aromatic nitrogens is 1.